The van der Waals surface area contributed by atoms with Crippen molar-refractivity contribution in [1.82, 2.24) is 10.6 Å². The summed E-state index contributed by atoms with van der Waals surface area (Å²) in [5.74, 6) is 0.553. The molecule has 0 aliphatic carbocycles. The Hall–Kier alpha value is -2.54. The number of carbonyl (C=O) groups is 2. The smallest absolute Gasteiger partial charge is 0.315 e. The topological polar surface area (TPSA) is 79.5 Å². The maximum Gasteiger partial charge on any atom is 0.315 e. The SMILES string of the molecule is COc1ccc(CCC(C)NC(=O)NCC(=O)Nc2ccc(Br)cc2C)cc1. The first-order valence-corrected chi connectivity index (χ1v) is 9.90. The third kappa shape index (κ3) is 7.23. The highest BCUT2D eigenvalue weighted by molar-refractivity contribution is 9.10. The molecule has 0 fully saturated rings. The third-order valence-electron chi connectivity index (χ3n) is 4.27. The van der Waals surface area contributed by atoms with Crippen LogP contribution in [0.3, 0.4) is 0 Å². The zero-order valence-electron chi connectivity index (χ0n) is 16.3. The number of anilines is 1. The van der Waals surface area contributed by atoms with Gasteiger partial charge in [0.1, 0.15) is 5.75 Å². The zero-order valence-corrected chi connectivity index (χ0v) is 17.9. The molecule has 0 saturated carbocycles. The Morgan fingerprint density at radius 2 is 1.86 bits per heavy atom. The molecular formula is C21H26BrN3O3. The fourth-order valence-electron chi connectivity index (χ4n) is 2.64. The molecule has 0 spiro atoms. The van der Waals surface area contributed by atoms with Crippen molar-refractivity contribution in [1.29, 1.82) is 0 Å². The molecule has 7 heteroatoms. The maximum absolute atomic E-state index is 12.0. The fraction of sp³-hybridized carbons (Fsp3) is 0.333. The number of urea groups is 1. The van der Waals surface area contributed by atoms with E-state index in [9.17, 15) is 9.59 Å². The first-order chi connectivity index (χ1) is 13.4. The highest BCUT2D eigenvalue weighted by Gasteiger charge is 2.10. The molecule has 3 amide bonds. The van der Waals surface area contributed by atoms with Gasteiger partial charge in [0.2, 0.25) is 5.91 Å². The van der Waals surface area contributed by atoms with Crippen LogP contribution < -0.4 is 20.7 Å². The molecule has 150 valence electrons. The molecule has 3 N–H and O–H groups in total. The number of ether oxygens (including phenoxy) is 1. The van der Waals surface area contributed by atoms with E-state index in [4.69, 9.17) is 4.74 Å². The molecular weight excluding hydrogens is 422 g/mol. The monoisotopic (exact) mass is 447 g/mol. The molecule has 2 aromatic rings. The Morgan fingerprint density at radius 3 is 2.50 bits per heavy atom. The Bertz CT molecular complexity index is 809. The van der Waals surface area contributed by atoms with Crippen LogP contribution in [0, 0.1) is 6.92 Å². The highest BCUT2D eigenvalue weighted by Crippen LogP contribution is 2.19. The highest BCUT2D eigenvalue weighted by atomic mass is 79.9. The summed E-state index contributed by atoms with van der Waals surface area (Å²) in [5, 5.41) is 8.23. The van der Waals surface area contributed by atoms with Gasteiger partial charge in [0, 0.05) is 16.2 Å². The predicted molar refractivity (Wildman–Crippen MR) is 115 cm³/mol. The molecule has 0 saturated heterocycles. The number of methoxy groups -OCH3 is 1. The predicted octanol–water partition coefficient (Wildman–Crippen LogP) is 4.03. The Balaban J connectivity index is 1.69. The molecule has 0 radical (unpaired) electrons. The van der Waals surface area contributed by atoms with Gasteiger partial charge in [-0.3, -0.25) is 4.79 Å². The molecule has 2 aromatic carbocycles. The van der Waals surface area contributed by atoms with E-state index in [1.165, 1.54) is 5.56 Å². The molecule has 0 bridgehead atoms. The van der Waals surface area contributed by atoms with Crippen LogP contribution in [0.2, 0.25) is 0 Å². The van der Waals surface area contributed by atoms with E-state index < -0.39 is 0 Å². The van der Waals surface area contributed by atoms with Crippen LogP contribution in [-0.4, -0.2) is 31.6 Å². The first kappa shape index (κ1) is 21.8. The third-order valence-corrected chi connectivity index (χ3v) is 4.77. The van der Waals surface area contributed by atoms with Gasteiger partial charge >= 0.3 is 6.03 Å². The van der Waals surface area contributed by atoms with Gasteiger partial charge in [-0.05, 0) is 68.1 Å². The summed E-state index contributed by atoms with van der Waals surface area (Å²) in [6.07, 6.45) is 1.64. The van der Waals surface area contributed by atoms with Crippen LogP contribution in [-0.2, 0) is 11.2 Å². The first-order valence-electron chi connectivity index (χ1n) is 9.10. The van der Waals surface area contributed by atoms with Gasteiger partial charge in [-0.1, -0.05) is 28.1 Å². The van der Waals surface area contributed by atoms with Crippen molar-refractivity contribution < 1.29 is 14.3 Å². The average molecular weight is 448 g/mol. The Labute approximate surface area is 174 Å². The molecule has 0 aromatic heterocycles. The summed E-state index contributed by atoms with van der Waals surface area (Å²) in [7, 11) is 1.64. The summed E-state index contributed by atoms with van der Waals surface area (Å²) in [6.45, 7) is 3.76. The van der Waals surface area contributed by atoms with Crippen LogP contribution in [0.1, 0.15) is 24.5 Å². The van der Waals surface area contributed by atoms with Crippen LogP contribution in [0.15, 0.2) is 46.9 Å². The van der Waals surface area contributed by atoms with Gasteiger partial charge in [-0.15, -0.1) is 0 Å². The van der Waals surface area contributed by atoms with Gasteiger partial charge in [0.25, 0.3) is 0 Å². The number of amides is 3. The lowest BCUT2D eigenvalue weighted by molar-refractivity contribution is -0.115. The summed E-state index contributed by atoms with van der Waals surface area (Å²) >= 11 is 3.39. The molecule has 6 nitrogen and oxygen atoms in total. The van der Waals surface area contributed by atoms with Crippen molar-refractivity contribution in [2.45, 2.75) is 32.7 Å². The van der Waals surface area contributed by atoms with Gasteiger partial charge in [0.05, 0.1) is 13.7 Å². The molecule has 0 aliphatic heterocycles. The minimum atomic E-state index is -0.357. The average Bonchev–Trinajstić information content (AvgIpc) is 2.67. The molecule has 1 unspecified atom stereocenters. The standard InChI is InChI=1S/C21H26BrN3O3/c1-14-12-17(22)8-11-19(14)25-20(26)13-23-21(27)24-15(2)4-5-16-6-9-18(28-3)10-7-16/h6-12,15H,4-5,13H2,1-3H3,(H,25,26)(H2,23,24,27). The summed E-state index contributed by atoms with van der Waals surface area (Å²) in [4.78, 5) is 24.0. The van der Waals surface area contributed by atoms with E-state index in [2.05, 4.69) is 31.9 Å². The number of aryl methyl sites for hydroxylation is 2. The van der Waals surface area contributed by atoms with E-state index in [-0.39, 0.29) is 24.5 Å². The quantitative estimate of drug-likeness (QED) is 0.571. The van der Waals surface area contributed by atoms with Crippen molar-refractivity contribution in [3.8, 4) is 5.75 Å². The minimum Gasteiger partial charge on any atom is -0.497 e. The van der Waals surface area contributed by atoms with E-state index in [0.717, 1.165) is 34.3 Å². The van der Waals surface area contributed by atoms with Gasteiger partial charge in [-0.2, -0.15) is 0 Å². The second-order valence-electron chi connectivity index (χ2n) is 6.62. The molecule has 28 heavy (non-hydrogen) atoms. The number of rotatable bonds is 8. The summed E-state index contributed by atoms with van der Waals surface area (Å²) in [5.41, 5.74) is 2.85. The minimum absolute atomic E-state index is 0.0149. The second-order valence-corrected chi connectivity index (χ2v) is 7.54. The van der Waals surface area contributed by atoms with Crippen molar-refractivity contribution in [2.75, 3.05) is 19.0 Å². The molecule has 0 heterocycles. The fourth-order valence-corrected chi connectivity index (χ4v) is 3.12. The van der Waals surface area contributed by atoms with Crippen molar-refractivity contribution in [2.24, 2.45) is 0 Å². The van der Waals surface area contributed by atoms with Crippen LogP contribution in [0.25, 0.3) is 0 Å². The van der Waals surface area contributed by atoms with E-state index >= 15 is 0 Å². The molecule has 2 rings (SSSR count). The van der Waals surface area contributed by atoms with Gasteiger partial charge in [-0.25, -0.2) is 4.79 Å². The van der Waals surface area contributed by atoms with Crippen molar-refractivity contribution in [3.05, 3.63) is 58.1 Å². The lowest BCUT2D eigenvalue weighted by Gasteiger charge is -2.15. The Kier molecular flexibility index (Phi) is 8.32. The molecule has 0 aliphatic rings. The van der Waals surface area contributed by atoms with Gasteiger partial charge < -0.3 is 20.7 Å². The Morgan fingerprint density at radius 1 is 1.14 bits per heavy atom. The largest absolute Gasteiger partial charge is 0.497 e. The van der Waals surface area contributed by atoms with E-state index in [1.807, 2.05) is 56.3 Å². The van der Waals surface area contributed by atoms with E-state index in [1.54, 1.807) is 7.11 Å². The van der Waals surface area contributed by atoms with Crippen molar-refractivity contribution >= 4 is 33.6 Å². The number of benzene rings is 2. The second kappa shape index (κ2) is 10.7. The lowest BCUT2D eigenvalue weighted by atomic mass is 10.1. The molecule has 1 atom stereocenters. The summed E-state index contributed by atoms with van der Waals surface area (Å²) < 4.78 is 6.09. The normalized spacial score (nSPS) is 11.4. The van der Waals surface area contributed by atoms with Crippen LogP contribution in [0.5, 0.6) is 5.75 Å². The number of nitrogens with one attached hydrogen (secondary N) is 3. The number of hydrogen-bond acceptors (Lipinski definition) is 3. The number of carbonyl (C=O) groups excluding carboxylic acids is 2. The number of hydrogen-bond donors (Lipinski definition) is 3. The number of halogens is 1. The van der Waals surface area contributed by atoms with Crippen molar-refractivity contribution in [3.63, 3.8) is 0 Å². The maximum atomic E-state index is 12.0. The van der Waals surface area contributed by atoms with Crippen LogP contribution in [0.4, 0.5) is 10.5 Å². The van der Waals surface area contributed by atoms with Gasteiger partial charge in [0.15, 0.2) is 0 Å². The zero-order chi connectivity index (χ0) is 20.5. The van der Waals surface area contributed by atoms with E-state index in [0.29, 0.717) is 0 Å². The summed E-state index contributed by atoms with van der Waals surface area (Å²) in [6, 6.07) is 13.1. The van der Waals surface area contributed by atoms with Crippen LogP contribution >= 0.6 is 15.9 Å². The lowest BCUT2D eigenvalue weighted by Crippen LogP contribution is -2.43.